The van der Waals surface area contributed by atoms with Crippen LogP contribution in [0.1, 0.15) is 26.7 Å². The molecule has 0 bridgehead atoms. The van der Waals surface area contributed by atoms with Gasteiger partial charge in [-0.3, -0.25) is 9.78 Å². The molecule has 2 N–H and O–H groups in total. The maximum absolute atomic E-state index is 10.9. The van der Waals surface area contributed by atoms with Crippen molar-refractivity contribution in [3.05, 3.63) is 12.4 Å². The van der Waals surface area contributed by atoms with Gasteiger partial charge in [0.15, 0.2) is 0 Å². The first kappa shape index (κ1) is 14.2. The molecule has 0 radical (unpaired) electrons. The van der Waals surface area contributed by atoms with Crippen molar-refractivity contribution in [2.75, 3.05) is 18.5 Å². The lowest BCUT2D eigenvalue weighted by Gasteiger charge is -2.11. The fourth-order valence-corrected chi connectivity index (χ4v) is 1.34. The number of rotatable bonds is 8. The van der Waals surface area contributed by atoms with Gasteiger partial charge in [-0.25, -0.2) is 0 Å². The van der Waals surface area contributed by atoms with E-state index in [-0.39, 0.29) is 0 Å². The van der Waals surface area contributed by atoms with Crippen LogP contribution in [0.2, 0.25) is 0 Å². The van der Waals surface area contributed by atoms with Crippen LogP contribution in [0.15, 0.2) is 12.4 Å². The van der Waals surface area contributed by atoms with E-state index in [2.05, 4.69) is 15.3 Å². The zero-order valence-corrected chi connectivity index (χ0v) is 10.7. The van der Waals surface area contributed by atoms with Crippen LogP contribution in [-0.2, 0) is 4.79 Å². The maximum Gasteiger partial charge on any atom is 0.308 e. The molecule has 1 heterocycles. The van der Waals surface area contributed by atoms with E-state index in [1.807, 2.05) is 13.8 Å². The predicted octanol–water partition coefficient (Wildman–Crippen LogP) is 1.79. The molecular weight excluding hydrogens is 234 g/mol. The molecule has 0 amide bonds. The van der Waals surface area contributed by atoms with Gasteiger partial charge in [0, 0.05) is 6.54 Å². The lowest BCUT2D eigenvalue weighted by Crippen LogP contribution is -2.22. The van der Waals surface area contributed by atoms with Crippen LogP contribution in [0.3, 0.4) is 0 Å². The van der Waals surface area contributed by atoms with Crippen molar-refractivity contribution in [3.63, 3.8) is 0 Å². The molecule has 1 aromatic heterocycles. The number of aliphatic carboxylic acids is 1. The molecule has 1 aromatic rings. The number of nitrogens with one attached hydrogen (secondary N) is 1. The number of hydrogen-bond acceptors (Lipinski definition) is 5. The topological polar surface area (TPSA) is 84.3 Å². The fraction of sp³-hybridized carbons (Fsp3) is 0.583. The Hall–Kier alpha value is -1.85. The number of aromatic nitrogens is 2. The first-order chi connectivity index (χ1) is 8.67. The minimum absolute atomic E-state index is 0.331. The zero-order valence-electron chi connectivity index (χ0n) is 10.7. The van der Waals surface area contributed by atoms with Crippen LogP contribution < -0.4 is 10.1 Å². The number of carboxylic acid groups (broad SMARTS) is 1. The standard InChI is InChI=1S/C12H19N3O3/c1-3-5-18-11-8-13-7-10(15-11)14-6-9(4-2)12(16)17/h7-9H,3-6H2,1-2H3,(H,14,15)(H,16,17). The van der Waals surface area contributed by atoms with Gasteiger partial charge in [0.1, 0.15) is 5.82 Å². The lowest BCUT2D eigenvalue weighted by atomic mass is 10.1. The fourth-order valence-electron chi connectivity index (χ4n) is 1.34. The van der Waals surface area contributed by atoms with Crippen LogP contribution in [0.5, 0.6) is 5.88 Å². The van der Waals surface area contributed by atoms with E-state index >= 15 is 0 Å². The summed E-state index contributed by atoms with van der Waals surface area (Å²) in [6.07, 6.45) is 4.56. The molecule has 0 aliphatic carbocycles. The van der Waals surface area contributed by atoms with Crippen molar-refractivity contribution in [3.8, 4) is 5.88 Å². The summed E-state index contributed by atoms with van der Waals surface area (Å²) in [5.41, 5.74) is 0. The molecule has 100 valence electrons. The average molecular weight is 253 g/mol. The third-order valence-corrected chi connectivity index (χ3v) is 2.44. The number of anilines is 1. The number of hydrogen-bond donors (Lipinski definition) is 2. The zero-order chi connectivity index (χ0) is 13.4. The molecule has 1 atom stereocenters. The number of carbonyl (C=O) groups is 1. The molecule has 0 aliphatic rings. The van der Waals surface area contributed by atoms with E-state index in [0.717, 1.165) is 6.42 Å². The summed E-state index contributed by atoms with van der Waals surface area (Å²) >= 11 is 0. The molecule has 18 heavy (non-hydrogen) atoms. The van der Waals surface area contributed by atoms with E-state index < -0.39 is 11.9 Å². The number of carboxylic acids is 1. The quantitative estimate of drug-likeness (QED) is 0.734. The van der Waals surface area contributed by atoms with E-state index in [1.165, 1.54) is 6.20 Å². The monoisotopic (exact) mass is 253 g/mol. The van der Waals surface area contributed by atoms with Crippen molar-refractivity contribution in [1.82, 2.24) is 9.97 Å². The normalized spacial score (nSPS) is 11.9. The van der Waals surface area contributed by atoms with Crippen LogP contribution in [0, 0.1) is 5.92 Å². The Morgan fingerprint density at radius 2 is 2.28 bits per heavy atom. The minimum Gasteiger partial charge on any atom is -0.481 e. The third-order valence-electron chi connectivity index (χ3n) is 2.44. The molecule has 0 saturated heterocycles. The van der Waals surface area contributed by atoms with Crippen LogP contribution >= 0.6 is 0 Å². The summed E-state index contributed by atoms with van der Waals surface area (Å²) < 4.78 is 5.35. The summed E-state index contributed by atoms with van der Waals surface area (Å²) in [5.74, 6) is -0.253. The van der Waals surface area contributed by atoms with Crippen LogP contribution in [0.4, 0.5) is 5.82 Å². The van der Waals surface area contributed by atoms with Gasteiger partial charge >= 0.3 is 5.97 Å². The van der Waals surface area contributed by atoms with Crippen LogP contribution in [-0.4, -0.2) is 34.2 Å². The second-order valence-electron chi connectivity index (χ2n) is 3.92. The molecule has 6 nitrogen and oxygen atoms in total. The highest BCUT2D eigenvalue weighted by molar-refractivity contribution is 5.70. The number of nitrogens with zero attached hydrogens (tertiary/aromatic N) is 2. The van der Waals surface area contributed by atoms with Gasteiger partial charge in [0.05, 0.1) is 24.9 Å². The third kappa shape index (κ3) is 4.57. The van der Waals surface area contributed by atoms with Gasteiger partial charge < -0.3 is 15.2 Å². The van der Waals surface area contributed by atoms with E-state index in [0.29, 0.717) is 31.3 Å². The highest BCUT2D eigenvalue weighted by Crippen LogP contribution is 2.11. The van der Waals surface area contributed by atoms with Gasteiger partial charge in [-0.15, -0.1) is 0 Å². The predicted molar refractivity (Wildman–Crippen MR) is 67.7 cm³/mol. The summed E-state index contributed by atoms with van der Waals surface area (Å²) in [5, 5.41) is 11.9. The highest BCUT2D eigenvalue weighted by Gasteiger charge is 2.14. The molecule has 1 rings (SSSR count). The second-order valence-corrected chi connectivity index (χ2v) is 3.92. The van der Waals surface area contributed by atoms with Crippen molar-refractivity contribution < 1.29 is 14.6 Å². The Kier molecular flexibility index (Phi) is 5.90. The Morgan fingerprint density at radius 1 is 1.50 bits per heavy atom. The maximum atomic E-state index is 10.9. The van der Waals surface area contributed by atoms with Gasteiger partial charge in [0.25, 0.3) is 0 Å². The smallest absolute Gasteiger partial charge is 0.308 e. The van der Waals surface area contributed by atoms with E-state index in [4.69, 9.17) is 9.84 Å². The Bertz CT molecular complexity index is 385. The largest absolute Gasteiger partial charge is 0.481 e. The molecule has 0 spiro atoms. The van der Waals surface area contributed by atoms with Crippen molar-refractivity contribution >= 4 is 11.8 Å². The molecule has 0 aromatic carbocycles. The average Bonchev–Trinajstić information content (AvgIpc) is 2.37. The van der Waals surface area contributed by atoms with Gasteiger partial charge in [-0.2, -0.15) is 4.98 Å². The summed E-state index contributed by atoms with van der Waals surface area (Å²) in [6.45, 7) is 4.77. The second kappa shape index (κ2) is 7.47. The van der Waals surface area contributed by atoms with Crippen molar-refractivity contribution in [2.24, 2.45) is 5.92 Å². The summed E-state index contributed by atoms with van der Waals surface area (Å²) in [6, 6.07) is 0. The number of ether oxygens (including phenoxy) is 1. The van der Waals surface area contributed by atoms with Crippen molar-refractivity contribution in [2.45, 2.75) is 26.7 Å². The molecular formula is C12H19N3O3. The molecule has 1 unspecified atom stereocenters. The van der Waals surface area contributed by atoms with E-state index in [9.17, 15) is 4.79 Å². The van der Waals surface area contributed by atoms with Gasteiger partial charge in [-0.05, 0) is 12.8 Å². The van der Waals surface area contributed by atoms with Crippen molar-refractivity contribution in [1.29, 1.82) is 0 Å². The highest BCUT2D eigenvalue weighted by atomic mass is 16.5. The first-order valence-electron chi connectivity index (χ1n) is 6.08. The summed E-state index contributed by atoms with van der Waals surface area (Å²) in [7, 11) is 0. The van der Waals surface area contributed by atoms with Gasteiger partial charge in [0.2, 0.25) is 5.88 Å². The SMILES string of the molecule is CCCOc1cncc(NCC(CC)C(=O)O)n1. The van der Waals surface area contributed by atoms with Crippen LogP contribution in [0.25, 0.3) is 0 Å². The first-order valence-corrected chi connectivity index (χ1v) is 6.08. The summed E-state index contributed by atoms with van der Waals surface area (Å²) in [4.78, 5) is 19.0. The molecule has 0 saturated carbocycles. The lowest BCUT2D eigenvalue weighted by molar-refractivity contribution is -0.141. The Labute approximate surface area is 106 Å². The van der Waals surface area contributed by atoms with Gasteiger partial charge in [-0.1, -0.05) is 13.8 Å². The minimum atomic E-state index is -0.809. The Balaban J connectivity index is 2.53. The molecule has 0 aliphatic heterocycles. The van der Waals surface area contributed by atoms with E-state index in [1.54, 1.807) is 6.20 Å². The molecule has 6 heteroatoms. The molecule has 0 fully saturated rings. The Morgan fingerprint density at radius 3 is 2.89 bits per heavy atom.